The standard InChI is InChI=1S/C13H24N2S/c1-5-15(10-13(3,4)9-14)11(2)12-6-7-16-8-12/h6-8,11H,5,9-10,14H2,1-4H3. The lowest BCUT2D eigenvalue weighted by atomic mass is 9.92. The van der Waals surface area contributed by atoms with Gasteiger partial charge in [0, 0.05) is 12.6 Å². The molecule has 0 amide bonds. The molecule has 1 aromatic heterocycles. The van der Waals surface area contributed by atoms with E-state index in [0.29, 0.717) is 6.04 Å². The van der Waals surface area contributed by atoms with Gasteiger partial charge in [-0.25, -0.2) is 0 Å². The maximum absolute atomic E-state index is 5.80. The van der Waals surface area contributed by atoms with Gasteiger partial charge in [0.25, 0.3) is 0 Å². The Kier molecular flexibility index (Phi) is 4.96. The van der Waals surface area contributed by atoms with Crippen LogP contribution in [0.25, 0.3) is 0 Å². The lowest BCUT2D eigenvalue weighted by Crippen LogP contribution is -2.39. The van der Waals surface area contributed by atoms with Crippen LogP contribution in [-0.2, 0) is 0 Å². The largest absolute Gasteiger partial charge is 0.330 e. The third-order valence-corrected chi connectivity index (χ3v) is 3.86. The van der Waals surface area contributed by atoms with Crippen molar-refractivity contribution < 1.29 is 0 Å². The molecule has 2 N–H and O–H groups in total. The number of thiophene rings is 1. The molecule has 92 valence electrons. The summed E-state index contributed by atoms with van der Waals surface area (Å²) in [5.41, 5.74) is 7.41. The van der Waals surface area contributed by atoms with E-state index in [1.54, 1.807) is 11.3 Å². The Morgan fingerprint density at radius 3 is 2.62 bits per heavy atom. The van der Waals surface area contributed by atoms with Gasteiger partial charge in [-0.3, -0.25) is 4.90 Å². The molecule has 0 fully saturated rings. The van der Waals surface area contributed by atoms with E-state index < -0.39 is 0 Å². The predicted molar refractivity (Wildman–Crippen MR) is 72.8 cm³/mol. The summed E-state index contributed by atoms with van der Waals surface area (Å²) < 4.78 is 0. The maximum Gasteiger partial charge on any atom is 0.0328 e. The minimum absolute atomic E-state index is 0.195. The second-order valence-electron chi connectivity index (χ2n) is 5.16. The topological polar surface area (TPSA) is 29.3 Å². The van der Waals surface area contributed by atoms with E-state index in [9.17, 15) is 0 Å². The van der Waals surface area contributed by atoms with Gasteiger partial charge in [-0.15, -0.1) is 0 Å². The number of nitrogens with two attached hydrogens (primary N) is 1. The van der Waals surface area contributed by atoms with Crippen molar-refractivity contribution in [3.63, 3.8) is 0 Å². The molecule has 16 heavy (non-hydrogen) atoms. The molecule has 0 saturated heterocycles. The fourth-order valence-electron chi connectivity index (χ4n) is 1.86. The number of rotatable bonds is 6. The Morgan fingerprint density at radius 2 is 2.19 bits per heavy atom. The highest BCUT2D eigenvalue weighted by Crippen LogP contribution is 2.26. The van der Waals surface area contributed by atoms with Crippen LogP contribution >= 0.6 is 11.3 Å². The molecule has 0 aliphatic rings. The third kappa shape index (κ3) is 3.58. The van der Waals surface area contributed by atoms with Crippen molar-refractivity contribution in [3.05, 3.63) is 22.4 Å². The molecule has 1 aromatic rings. The summed E-state index contributed by atoms with van der Waals surface area (Å²) in [6.07, 6.45) is 0. The molecule has 0 spiro atoms. The van der Waals surface area contributed by atoms with Crippen LogP contribution < -0.4 is 5.73 Å². The van der Waals surface area contributed by atoms with Gasteiger partial charge in [-0.2, -0.15) is 11.3 Å². The van der Waals surface area contributed by atoms with E-state index in [0.717, 1.165) is 19.6 Å². The van der Waals surface area contributed by atoms with Crippen molar-refractivity contribution in [3.8, 4) is 0 Å². The summed E-state index contributed by atoms with van der Waals surface area (Å²) in [5.74, 6) is 0. The summed E-state index contributed by atoms with van der Waals surface area (Å²) in [7, 11) is 0. The van der Waals surface area contributed by atoms with Gasteiger partial charge in [0.15, 0.2) is 0 Å². The summed E-state index contributed by atoms with van der Waals surface area (Å²) in [4.78, 5) is 2.49. The van der Waals surface area contributed by atoms with Crippen LogP contribution in [0, 0.1) is 5.41 Å². The Morgan fingerprint density at radius 1 is 1.50 bits per heavy atom. The third-order valence-electron chi connectivity index (χ3n) is 3.16. The first-order valence-electron chi connectivity index (χ1n) is 5.96. The normalized spacial score (nSPS) is 14.4. The van der Waals surface area contributed by atoms with Crippen LogP contribution in [0.2, 0.25) is 0 Å². The minimum atomic E-state index is 0.195. The van der Waals surface area contributed by atoms with Crippen LogP contribution in [0.4, 0.5) is 0 Å². The molecule has 1 heterocycles. The summed E-state index contributed by atoms with van der Waals surface area (Å²) in [6, 6.07) is 2.70. The van der Waals surface area contributed by atoms with Crippen LogP contribution in [0.15, 0.2) is 16.8 Å². The highest BCUT2D eigenvalue weighted by Gasteiger charge is 2.23. The summed E-state index contributed by atoms with van der Waals surface area (Å²) in [6.45, 7) is 11.8. The van der Waals surface area contributed by atoms with E-state index >= 15 is 0 Å². The van der Waals surface area contributed by atoms with Crippen molar-refractivity contribution in [1.29, 1.82) is 0 Å². The molecule has 0 bridgehead atoms. The highest BCUT2D eigenvalue weighted by molar-refractivity contribution is 7.07. The summed E-state index contributed by atoms with van der Waals surface area (Å²) >= 11 is 1.77. The average molecular weight is 240 g/mol. The van der Waals surface area contributed by atoms with Crippen LogP contribution in [-0.4, -0.2) is 24.5 Å². The van der Waals surface area contributed by atoms with E-state index in [-0.39, 0.29) is 5.41 Å². The monoisotopic (exact) mass is 240 g/mol. The molecular formula is C13H24N2S. The van der Waals surface area contributed by atoms with Gasteiger partial charge >= 0.3 is 0 Å². The Labute approximate surface area is 103 Å². The van der Waals surface area contributed by atoms with Crippen molar-refractivity contribution in [2.24, 2.45) is 11.1 Å². The quantitative estimate of drug-likeness (QED) is 0.828. The van der Waals surface area contributed by atoms with E-state index in [4.69, 9.17) is 5.73 Å². The average Bonchev–Trinajstić information content (AvgIpc) is 2.78. The van der Waals surface area contributed by atoms with Crippen LogP contribution in [0.1, 0.15) is 39.3 Å². The lowest BCUT2D eigenvalue weighted by Gasteiger charge is -2.35. The van der Waals surface area contributed by atoms with Gasteiger partial charge in [-0.1, -0.05) is 20.8 Å². The van der Waals surface area contributed by atoms with E-state index in [2.05, 4.69) is 49.4 Å². The number of hydrogen-bond donors (Lipinski definition) is 1. The molecule has 1 unspecified atom stereocenters. The van der Waals surface area contributed by atoms with Crippen LogP contribution in [0.3, 0.4) is 0 Å². The van der Waals surface area contributed by atoms with Gasteiger partial charge in [0.2, 0.25) is 0 Å². The maximum atomic E-state index is 5.80. The smallest absolute Gasteiger partial charge is 0.0328 e. The number of hydrogen-bond acceptors (Lipinski definition) is 3. The SMILES string of the molecule is CCN(CC(C)(C)CN)C(C)c1ccsc1. The van der Waals surface area contributed by atoms with E-state index in [1.807, 2.05) is 0 Å². The zero-order chi connectivity index (χ0) is 12.2. The fraction of sp³-hybridized carbons (Fsp3) is 0.692. The first kappa shape index (κ1) is 13.7. The zero-order valence-electron chi connectivity index (χ0n) is 10.9. The molecule has 0 aromatic carbocycles. The Bertz CT molecular complexity index is 293. The molecule has 0 aliphatic carbocycles. The molecule has 0 aliphatic heterocycles. The van der Waals surface area contributed by atoms with Crippen molar-refractivity contribution >= 4 is 11.3 Å². The van der Waals surface area contributed by atoms with Gasteiger partial charge in [-0.05, 0) is 47.8 Å². The summed E-state index contributed by atoms with van der Waals surface area (Å²) in [5, 5.41) is 4.39. The number of nitrogens with zero attached hydrogens (tertiary/aromatic N) is 1. The van der Waals surface area contributed by atoms with Crippen molar-refractivity contribution in [2.75, 3.05) is 19.6 Å². The molecule has 1 rings (SSSR count). The first-order valence-corrected chi connectivity index (χ1v) is 6.90. The first-order chi connectivity index (χ1) is 7.50. The van der Waals surface area contributed by atoms with Gasteiger partial charge in [0.1, 0.15) is 0 Å². The lowest BCUT2D eigenvalue weighted by molar-refractivity contribution is 0.148. The molecule has 1 atom stereocenters. The second-order valence-corrected chi connectivity index (χ2v) is 5.94. The van der Waals surface area contributed by atoms with Crippen LogP contribution in [0.5, 0.6) is 0 Å². The van der Waals surface area contributed by atoms with Gasteiger partial charge < -0.3 is 5.73 Å². The zero-order valence-corrected chi connectivity index (χ0v) is 11.7. The van der Waals surface area contributed by atoms with Gasteiger partial charge in [0.05, 0.1) is 0 Å². The molecule has 2 nitrogen and oxygen atoms in total. The molecular weight excluding hydrogens is 216 g/mol. The minimum Gasteiger partial charge on any atom is -0.330 e. The fourth-order valence-corrected chi connectivity index (χ4v) is 2.61. The van der Waals surface area contributed by atoms with Crippen molar-refractivity contribution in [1.82, 2.24) is 4.90 Å². The second kappa shape index (κ2) is 5.80. The molecule has 3 heteroatoms. The van der Waals surface area contributed by atoms with E-state index in [1.165, 1.54) is 5.56 Å². The molecule has 0 saturated carbocycles. The Hall–Kier alpha value is -0.380. The Balaban J connectivity index is 2.68. The highest BCUT2D eigenvalue weighted by atomic mass is 32.1. The predicted octanol–water partition coefficient (Wildman–Crippen LogP) is 3.12. The van der Waals surface area contributed by atoms with Crippen molar-refractivity contribution in [2.45, 2.75) is 33.7 Å². The molecule has 0 radical (unpaired) electrons.